The van der Waals surface area contributed by atoms with Gasteiger partial charge in [0, 0.05) is 12.0 Å². The van der Waals surface area contributed by atoms with Crippen molar-refractivity contribution >= 4 is 47.7 Å². The summed E-state index contributed by atoms with van der Waals surface area (Å²) in [5.74, 6) is -1.88. The number of fused-ring (bicyclic) bond motifs is 1. The highest BCUT2D eigenvalue weighted by molar-refractivity contribution is 7.81. The number of alkyl halides is 3. The smallest absolute Gasteiger partial charge is 0.408 e. The number of hydrogen-bond acceptors (Lipinski definition) is 4. The molecular formula is C24H23Cl2F4NO3S. The fourth-order valence-electron chi connectivity index (χ4n) is 3.89. The van der Waals surface area contributed by atoms with E-state index in [1.807, 2.05) is 0 Å². The van der Waals surface area contributed by atoms with Crippen molar-refractivity contribution in [3.05, 3.63) is 68.4 Å². The van der Waals surface area contributed by atoms with Gasteiger partial charge in [-0.15, -0.1) is 0 Å². The van der Waals surface area contributed by atoms with Crippen molar-refractivity contribution in [3.63, 3.8) is 0 Å². The summed E-state index contributed by atoms with van der Waals surface area (Å²) in [6.45, 7) is 5.22. The van der Waals surface area contributed by atoms with Gasteiger partial charge in [0.1, 0.15) is 10.3 Å². The number of amides is 1. The number of ketones is 1. The molecule has 0 saturated heterocycles. The normalized spacial score (nSPS) is 17.5. The molecule has 0 radical (unpaired) electrons. The lowest BCUT2D eigenvalue weighted by atomic mass is 9.89. The van der Waals surface area contributed by atoms with Crippen LogP contribution >= 0.6 is 35.8 Å². The average Bonchev–Trinajstić information content (AvgIpc) is 3.11. The number of carbonyl (C=O) groups excluding carboxylic acids is 2. The Bertz CT molecular complexity index is 1140. The highest BCUT2D eigenvalue weighted by Gasteiger charge is 2.55. The quantitative estimate of drug-likeness (QED) is 0.174. The molecule has 0 saturated carbocycles. The van der Waals surface area contributed by atoms with Crippen LogP contribution in [0.3, 0.4) is 0 Å². The van der Waals surface area contributed by atoms with Crippen molar-refractivity contribution in [1.29, 1.82) is 0 Å². The molecule has 2 aromatic rings. The molecule has 11 heteroatoms. The maximum absolute atomic E-state index is 14.1. The number of ether oxygens (including phenoxy) is 1. The molecule has 1 aliphatic carbocycles. The minimum Gasteiger partial charge on any atom is -0.444 e. The number of rotatable bonds is 5. The van der Waals surface area contributed by atoms with Gasteiger partial charge in [0.2, 0.25) is 0 Å². The second-order valence-electron chi connectivity index (χ2n) is 9.36. The fraction of sp³-hybridized carbons (Fsp3) is 0.417. The third-order valence-electron chi connectivity index (χ3n) is 5.58. The number of aryl methyl sites for hydroxylation is 1. The van der Waals surface area contributed by atoms with Crippen molar-refractivity contribution in [3.8, 4) is 0 Å². The highest BCUT2D eigenvalue weighted by Crippen LogP contribution is 2.49. The Balaban J connectivity index is 1.85. The standard InChI is InChI=1S/C24H23Cl2F4NO3S/c1-22(2,3)34-21(33)31-18-7-5-12-8-13(4-6-15(12)18)19(32)11-23(35,24(28,29)30)14-9-16(25)20(27)17(26)10-14/h4,6,8-10,18,35H,5,7,11H2,1-3H3,(H,31,33). The molecule has 3 rings (SSSR count). The third kappa shape index (κ3) is 6.06. The molecule has 4 nitrogen and oxygen atoms in total. The summed E-state index contributed by atoms with van der Waals surface area (Å²) in [6, 6.07) is 5.73. The molecule has 0 aromatic heterocycles. The van der Waals surface area contributed by atoms with Gasteiger partial charge in [0.05, 0.1) is 16.1 Å². The predicted molar refractivity (Wildman–Crippen MR) is 129 cm³/mol. The molecule has 1 amide bonds. The molecule has 0 heterocycles. The first kappa shape index (κ1) is 27.6. The van der Waals surface area contributed by atoms with Gasteiger partial charge in [-0.1, -0.05) is 35.3 Å². The summed E-state index contributed by atoms with van der Waals surface area (Å²) in [4.78, 5) is 25.1. The Morgan fingerprint density at radius 2 is 1.71 bits per heavy atom. The van der Waals surface area contributed by atoms with Crippen molar-refractivity contribution in [1.82, 2.24) is 5.32 Å². The average molecular weight is 552 g/mol. The SMILES string of the molecule is CC(C)(C)OC(=O)NC1CCc2cc(C(=O)CC(S)(c3cc(Cl)c(F)c(Cl)c3)C(F)(F)F)ccc21. The van der Waals surface area contributed by atoms with Crippen molar-refractivity contribution < 1.29 is 31.9 Å². The van der Waals surface area contributed by atoms with Crippen molar-refractivity contribution in [2.75, 3.05) is 0 Å². The summed E-state index contributed by atoms with van der Waals surface area (Å²) in [5, 5.41) is 1.56. The number of Topliss-reactive ketones (excluding diaryl/α,β-unsaturated/α-hetero) is 1. The molecule has 2 aromatic carbocycles. The van der Waals surface area contributed by atoms with E-state index in [0.29, 0.717) is 12.8 Å². The van der Waals surface area contributed by atoms with Gasteiger partial charge in [0.15, 0.2) is 11.6 Å². The van der Waals surface area contributed by atoms with Gasteiger partial charge in [-0.2, -0.15) is 25.8 Å². The van der Waals surface area contributed by atoms with E-state index in [1.165, 1.54) is 12.1 Å². The Labute approximate surface area is 215 Å². The first-order valence-electron chi connectivity index (χ1n) is 10.6. The Morgan fingerprint density at radius 1 is 1.11 bits per heavy atom. The van der Waals surface area contributed by atoms with Gasteiger partial charge in [-0.3, -0.25) is 4.79 Å². The van der Waals surface area contributed by atoms with Gasteiger partial charge >= 0.3 is 12.3 Å². The van der Waals surface area contributed by atoms with E-state index in [-0.39, 0.29) is 11.6 Å². The second kappa shape index (κ2) is 9.82. The van der Waals surface area contributed by atoms with Gasteiger partial charge in [-0.05, 0) is 68.5 Å². The van der Waals surface area contributed by atoms with E-state index in [1.54, 1.807) is 26.8 Å². The maximum atomic E-state index is 14.1. The van der Waals surface area contributed by atoms with Crippen LogP contribution in [-0.4, -0.2) is 23.7 Å². The summed E-state index contributed by atoms with van der Waals surface area (Å²) >= 11 is 15.2. The lowest BCUT2D eigenvalue weighted by molar-refractivity contribution is -0.160. The summed E-state index contributed by atoms with van der Waals surface area (Å²) < 4.78 is 58.3. The van der Waals surface area contributed by atoms with Gasteiger partial charge < -0.3 is 10.1 Å². The van der Waals surface area contributed by atoms with Crippen LogP contribution in [0.1, 0.15) is 66.7 Å². The molecule has 35 heavy (non-hydrogen) atoms. The number of thiol groups is 1. The zero-order chi connectivity index (χ0) is 26.3. The van der Waals surface area contributed by atoms with Gasteiger partial charge in [0.25, 0.3) is 0 Å². The van der Waals surface area contributed by atoms with Gasteiger partial charge in [-0.25, -0.2) is 9.18 Å². The molecule has 0 bridgehead atoms. The lowest BCUT2D eigenvalue weighted by Gasteiger charge is -2.31. The van der Waals surface area contributed by atoms with Crippen molar-refractivity contribution in [2.45, 2.75) is 62.6 Å². The first-order chi connectivity index (χ1) is 16.0. The zero-order valence-corrected chi connectivity index (χ0v) is 21.4. The molecule has 0 spiro atoms. The van der Waals surface area contributed by atoms with Crippen LogP contribution in [-0.2, 0) is 15.9 Å². The van der Waals surface area contributed by atoms with Crippen LogP contribution in [0.4, 0.5) is 22.4 Å². The molecule has 1 N–H and O–H groups in total. The third-order valence-corrected chi connectivity index (χ3v) is 6.80. The van der Waals surface area contributed by atoms with E-state index in [4.69, 9.17) is 27.9 Å². The van der Waals surface area contributed by atoms with E-state index in [9.17, 15) is 27.2 Å². The summed E-state index contributed by atoms with van der Waals surface area (Å²) in [7, 11) is 0. The number of alkyl carbamates (subject to hydrolysis) is 1. The Hall–Kier alpha value is -1.97. The zero-order valence-electron chi connectivity index (χ0n) is 19.0. The minimum atomic E-state index is -4.98. The molecule has 190 valence electrons. The van der Waals surface area contributed by atoms with Crippen molar-refractivity contribution in [2.24, 2.45) is 0 Å². The number of carbonyl (C=O) groups is 2. The van der Waals surface area contributed by atoms with E-state index in [0.717, 1.165) is 23.3 Å². The van der Waals surface area contributed by atoms with Crippen LogP contribution in [0.2, 0.25) is 10.0 Å². The lowest BCUT2D eigenvalue weighted by Crippen LogP contribution is -2.39. The summed E-state index contributed by atoms with van der Waals surface area (Å²) in [5.41, 5.74) is 0.349. The van der Waals surface area contributed by atoms with E-state index >= 15 is 0 Å². The first-order valence-corrected chi connectivity index (χ1v) is 11.8. The topological polar surface area (TPSA) is 55.4 Å². The molecular weight excluding hydrogens is 529 g/mol. The van der Waals surface area contributed by atoms with Crippen LogP contribution in [0.5, 0.6) is 0 Å². The van der Waals surface area contributed by atoms with Crippen LogP contribution < -0.4 is 5.32 Å². The minimum absolute atomic E-state index is 0.0589. The second-order valence-corrected chi connectivity index (χ2v) is 10.9. The molecule has 0 fully saturated rings. The Morgan fingerprint density at radius 3 is 2.26 bits per heavy atom. The molecule has 0 aliphatic heterocycles. The van der Waals surface area contributed by atoms with Crippen LogP contribution in [0.15, 0.2) is 30.3 Å². The molecule has 2 unspecified atom stereocenters. The number of halogens is 6. The Kier molecular flexibility index (Phi) is 7.75. The number of benzene rings is 2. The molecule has 1 aliphatic rings. The predicted octanol–water partition coefficient (Wildman–Crippen LogP) is 7.60. The van der Waals surface area contributed by atoms with Crippen LogP contribution in [0.25, 0.3) is 0 Å². The fourth-order valence-corrected chi connectivity index (χ4v) is 4.65. The largest absolute Gasteiger partial charge is 0.444 e. The van der Waals surface area contributed by atoms with E-state index in [2.05, 4.69) is 17.9 Å². The molecule has 2 atom stereocenters. The number of hydrogen-bond donors (Lipinski definition) is 2. The maximum Gasteiger partial charge on any atom is 0.408 e. The monoisotopic (exact) mass is 551 g/mol. The van der Waals surface area contributed by atoms with Crippen LogP contribution in [0, 0.1) is 5.82 Å². The highest BCUT2D eigenvalue weighted by atomic mass is 35.5. The van der Waals surface area contributed by atoms with E-state index < -0.39 is 56.2 Å². The number of nitrogens with one attached hydrogen (secondary N) is 1. The summed E-state index contributed by atoms with van der Waals surface area (Å²) in [6.07, 6.45) is -5.55.